The van der Waals surface area contributed by atoms with Crippen LogP contribution in [0.2, 0.25) is 0 Å². The second-order valence-corrected chi connectivity index (χ2v) is 4.55. The van der Waals surface area contributed by atoms with E-state index < -0.39 is 12.0 Å². The van der Waals surface area contributed by atoms with Gasteiger partial charge in [-0.15, -0.1) is 0 Å². The minimum Gasteiger partial charge on any atom is -0.480 e. The highest BCUT2D eigenvalue weighted by Gasteiger charge is 2.25. The molecule has 1 aromatic heterocycles. The van der Waals surface area contributed by atoms with Gasteiger partial charge in [0, 0.05) is 13.2 Å². The standard InChI is InChI=1S/C12H19N3O3/c1-5-9-8(6-15(4)14-9)11(16)13-10(7(2)3)12(17)18/h6-7,10H,5H2,1-4H3,(H,13,16)(H,17,18)/t10-/m0/s1. The second-order valence-electron chi connectivity index (χ2n) is 4.55. The maximum absolute atomic E-state index is 12.0. The molecule has 0 radical (unpaired) electrons. The first-order chi connectivity index (χ1) is 8.36. The van der Waals surface area contributed by atoms with E-state index in [0.29, 0.717) is 17.7 Å². The zero-order valence-electron chi connectivity index (χ0n) is 11.1. The number of nitrogens with one attached hydrogen (secondary N) is 1. The fraction of sp³-hybridized carbons (Fsp3) is 0.583. The Bertz CT molecular complexity index is 451. The molecule has 1 amide bonds. The van der Waals surface area contributed by atoms with Gasteiger partial charge in [0.15, 0.2) is 0 Å². The van der Waals surface area contributed by atoms with Gasteiger partial charge in [-0.2, -0.15) is 5.10 Å². The van der Waals surface area contributed by atoms with Crippen molar-refractivity contribution in [3.05, 3.63) is 17.5 Å². The van der Waals surface area contributed by atoms with Gasteiger partial charge in [-0.05, 0) is 12.3 Å². The van der Waals surface area contributed by atoms with Gasteiger partial charge < -0.3 is 10.4 Å². The Kier molecular flexibility index (Phi) is 4.47. The monoisotopic (exact) mass is 253 g/mol. The molecular formula is C12H19N3O3. The third-order valence-corrected chi connectivity index (χ3v) is 2.70. The first kappa shape index (κ1) is 14.2. The van der Waals surface area contributed by atoms with E-state index in [1.54, 1.807) is 31.8 Å². The van der Waals surface area contributed by atoms with E-state index >= 15 is 0 Å². The lowest BCUT2D eigenvalue weighted by Gasteiger charge is -2.17. The predicted octanol–water partition coefficient (Wildman–Crippen LogP) is 0.821. The summed E-state index contributed by atoms with van der Waals surface area (Å²) in [6.45, 7) is 5.41. The molecule has 100 valence electrons. The van der Waals surface area contributed by atoms with Crippen LogP contribution in [-0.4, -0.2) is 32.8 Å². The van der Waals surface area contributed by atoms with Crippen molar-refractivity contribution in [3.8, 4) is 0 Å². The Labute approximate surface area is 106 Å². The summed E-state index contributed by atoms with van der Waals surface area (Å²) >= 11 is 0. The highest BCUT2D eigenvalue weighted by atomic mass is 16.4. The van der Waals surface area contributed by atoms with E-state index in [4.69, 9.17) is 5.11 Å². The number of aliphatic carboxylic acids is 1. The van der Waals surface area contributed by atoms with Crippen molar-refractivity contribution in [3.63, 3.8) is 0 Å². The van der Waals surface area contributed by atoms with E-state index in [2.05, 4.69) is 10.4 Å². The van der Waals surface area contributed by atoms with Crippen LogP contribution < -0.4 is 5.32 Å². The molecule has 0 bridgehead atoms. The van der Waals surface area contributed by atoms with E-state index in [0.717, 1.165) is 0 Å². The van der Waals surface area contributed by atoms with Gasteiger partial charge in [0.2, 0.25) is 0 Å². The molecule has 0 spiro atoms. The topological polar surface area (TPSA) is 84.2 Å². The van der Waals surface area contributed by atoms with E-state index in [1.807, 2.05) is 6.92 Å². The SMILES string of the molecule is CCc1nn(C)cc1C(=O)N[C@H](C(=O)O)C(C)C. The molecule has 6 nitrogen and oxygen atoms in total. The number of carbonyl (C=O) groups is 2. The number of hydrogen-bond donors (Lipinski definition) is 2. The minimum atomic E-state index is -1.03. The van der Waals surface area contributed by atoms with Gasteiger partial charge in [-0.1, -0.05) is 20.8 Å². The van der Waals surface area contributed by atoms with Crippen molar-refractivity contribution < 1.29 is 14.7 Å². The Morgan fingerprint density at radius 1 is 1.50 bits per heavy atom. The molecule has 1 aromatic rings. The average Bonchev–Trinajstić information content (AvgIpc) is 2.66. The molecule has 0 aliphatic carbocycles. The summed E-state index contributed by atoms with van der Waals surface area (Å²) < 4.78 is 1.55. The summed E-state index contributed by atoms with van der Waals surface area (Å²) in [5.41, 5.74) is 1.11. The molecule has 1 rings (SSSR count). The summed E-state index contributed by atoms with van der Waals surface area (Å²) in [5, 5.41) is 15.7. The van der Waals surface area contributed by atoms with Gasteiger partial charge in [0.1, 0.15) is 6.04 Å². The van der Waals surface area contributed by atoms with Crippen molar-refractivity contribution in [2.75, 3.05) is 0 Å². The highest BCUT2D eigenvalue weighted by molar-refractivity contribution is 5.97. The molecule has 18 heavy (non-hydrogen) atoms. The first-order valence-electron chi connectivity index (χ1n) is 5.93. The zero-order valence-corrected chi connectivity index (χ0v) is 11.1. The third-order valence-electron chi connectivity index (χ3n) is 2.70. The van der Waals surface area contributed by atoms with Crippen molar-refractivity contribution >= 4 is 11.9 Å². The molecule has 1 atom stereocenters. The Hall–Kier alpha value is -1.85. The fourth-order valence-corrected chi connectivity index (χ4v) is 1.72. The molecule has 0 saturated heterocycles. The lowest BCUT2D eigenvalue weighted by atomic mass is 10.0. The summed E-state index contributed by atoms with van der Waals surface area (Å²) in [6, 6.07) is -0.887. The number of carbonyl (C=O) groups excluding carboxylic acids is 1. The quantitative estimate of drug-likeness (QED) is 0.813. The third kappa shape index (κ3) is 3.09. The number of aromatic nitrogens is 2. The number of amides is 1. The van der Waals surface area contributed by atoms with Crippen LogP contribution in [0.3, 0.4) is 0 Å². The Morgan fingerprint density at radius 2 is 2.11 bits per heavy atom. The average molecular weight is 253 g/mol. The molecule has 0 saturated carbocycles. The van der Waals surface area contributed by atoms with Crippen LogP contribution in [0.15, 0.2) is 6.20 Å². The molecule has 0 aliphatic heterocycles. The van der Waals surface area contributed by atoms with Crippen molar-refractivity contribution in [1.82, 2.24) is 15.1 Å². The van der Waals surface area contributed by atoms with E-state index in [-0.39, 0.29) is 11.8 Å². The van der Waals surface area contributed by atoms with Crippen LogP contribution in [0.25, 0.3) is 0 Å². The van der Waals surface area contributed by atoms with Crippen LogP contribution in [0.5, 0.6) is 0 Å². The molecule has 1 heterocycles. The van der Waals surface area contributed by atoms with Gasteiger partial charge in [-0.25, -0.2) is 4.79 Å². The van der Waals surface area contributed by atoms with Crippen LogP contribution >= 0.6 is 0 Å². The molecule has 0 fully saturated rings. The Balaban J connectivity index is 2.90. The van der Waals surface area contributed by atoms with Gasteiger partial charge in [0.05, 0.1) is 11.3 Å². The van der Waals surface area contributed by atoms with Gasteiger partial charge >= 0.3 is 5.97 Å². The molecule has 2 N–H and O–H groups in total. The lowest BCUT2D eigenvalue weighted by Crippen LogP contribution is -2.44. The number of rotatable bonds is 5. The van der Waals surface area contributed by atoms with Gasteiger partial charge in [-0.3, -0.25) is 9.48 Å². The predicted molar refractivity (Wildman–Crippen MR) is 66.3 cm³/mol. The molecule has 0 aliphatic rings. The van der Waals surface area contributed by atoms with E-state index in [9.17, 15) is 9.59 Å². The largest absolute Gasteiger partial charge is 0.480 e. The molecule has 6 heteroatoms. The summed E-state index contributed by atoms with van der Waals surface area (Å²) in [4.78, 5) is 23.1. The van der Waals surface area contributed by atoms with Crippen LogP contribution in [0.4, 0.5) is 0 Å². The van der Waals surface area contributed by atoms with Crippen molar-refractivity contribution in [2.45, 2.75) is 33.2 Å². The van der Waals surface area contributed by atoms with Crippen molar-refractivity contribution in [2.24, 2.45) is 13.0 Å². The van der Waals surface area contributed by atoms with E-state index in [1.165, 1.54) is 0 Å². The smallest absolute Gasteiger partial charge is 0.326 e. The maximum Gasteiger partial charge on any atom is 0.326 e. The second kappa shape index (κ2) is 5.66. The first-order valence-corrected chi connectivity index (χ1v) is 5.93. The highest BCUT2D eigenvalue weighted by Crippen LogP contribution is 2.09. The maximum atomic E-state index is 12.0. The Morgan fingerprint density at radius 3 is 2.56 bits per heavy atom. The van der Waals surface area contributed by atoms with Crippen molar-refractivity contribution in [1.29, 1.82) is 0 Å². The van der Waals surface area contributed by atoms with Gasteiger partial charge in [0.25, 0.3) is 5.91 Å². The normalized spacial score (nSPS) is 12.5. The lowest BCUT2D eigenvalue weighted by molar-refractivity contribution is -0.140. The molecule has 0 unspecified atom stereocenters. The van der Waals surface area contributed by atoms with Crippen LogP contribution in [0.1, 0.15) is 36.8 Å². The number of hydrogen-bond acceptors (Lipinski definition) is 3. The zero-order chi connectivity index (χ0) is 13.9. The minimum absolute atomic E-state index is 0.173. The number of carboxylic acid groups (broad SMARTS) is 1. The summed E-state index contributed by atoms with van der Waals surface area (Å²) in [5.74, 6) is -1.59. The number of nitrogens with zero attached hydrogens (tertiary/aromatic N) is 2. The fourth-order valence-electron chi connectivity index (χ4n) is 1.72. The molecule has 0 aromatic carbocycles. The van der Waals surface area contributed by atoms with Crippen LogP contribution in [0, 0.1) is 5.92 Å². The van der Waals surface area contributed by atoms with Crippen LogP contribution in [-0.2, 0) is 18.3 Å². The number of aryl methyl sites for hydroxylation is 2. The summed E-state index contributed by atoms with van der Waals surface area (Å²) in [6.07, 6.45) is 2.23. The summed E-state index contributed by atoms with van der Waals surface area (Å²) in [7, 11) is 1.73. The molecular weight excluding hydrogens is 234 g/mol. The number of carboxylic acids is 1.